The van der Waals surface area contributed by atoms with Crippen molar-refractivity contribution in [1.82, 2.24) is 15.3 Å². The zero-order valence-corrected chi connectivity index (χ0v) is 11.2. The molecule has 0 bridgehead atoms. The maximum atomic E-state index is 5.39. The van der Waals surface area contributed by atoms with E-state index in [4.69, 9.17) is 4.74 Å². The molecule has 2 rings (SSSR count). The van der Waals surface area contributed by atoms with Gasteiger partial charge in [0.2, 0.25) is 0 Å². The summed E-state index contributed by atoms with van der Waals surface area (Å²) in [4.78, 5) is 11.1. The summed E-state index contributed by atoms with van der Waals surface area (Å²) in [6.45, 7) is 5.60. The second-order valence-electron chi connectivity index (χ2n) is 4.67. The molecule has 1 aromatic rings. The van der Waals surface area contributed by atoms with E-state index in [0.29, 0.717) is 6.04 Å². The zero-order chi connectivity index (χ0) is 12.8. The van der Waals surface area contributed by atoms with Gasteiger partial charge in [-0.25, -0.2) is 4.98 Å². The lowest BCUT2D eigenvalue weighted by molar-refractivity contribution is 0.193. The highest BCUT2D eigenvalue weighted by Gasteiger charge is 2.21. The summed E-state index contributed by atoms with van der Waals surface area (Å²) >= 11 is 0. The van der Waals surface area contributed by atoms with Crippen molar-refractivity contribution in [2.24, 2.45) is 0 Å². The maximum Gasteiger partial charge on any atom is 0.147 e. The summed E-state index contributed by atoms with van der Waals surface area (Å²) in [6.07, 6.45) is 5.90. The van der Waals surface area contributed by atoms with Crippen LogP contribution in [0.3, 0.4) is 0 Å². The summed E-state index contributed by atoms with van der Waals surface area (Å²) in [6, 6.07) is 0.434. The van der Waals surface area contributed by atoms with Crippen molar-refractivity contribution < 1.29 is 4.74 Å². The van der Waals surface area contributed by atoms with Crippen LogP contribution in [0, 0.1) is 0 Å². The molecule has 100 valence electrons. The van der Waals surface area contributed by atoms with Crippen molar-refractivity contribution in [1.29, 1.82) is 0 Å². The smallest absolute Gasteiger partial charge is 0.147 e. The van der Waals surface area contributed by atoms with Gasteiger partial charge in [0.1, 0.15) is 5.82 Å². The monoisotopic (exact) mass is 250 g/mol. The highest BCUT2D eigenvalue weighted by Crippen LogP contribution is 2.16. The van der Waals surface area contributed by atoms with Crippen LogP contribution in [0.15, 0.2) is 12.4 Å². The van der Waals surface area contributed by atoms with Crippen LogP contribution in [-0.2, 0) is 11.3 Å². The summed E-state index contributed by atoms with van der Waals surface area (Å²) in [5.74, 6) is 0.921. The average molecular weight is 250 g/mol. The Kier molecular flexibility index (Phi) is 4.90. The zero-order valence-electron chi connectivity index (χ0n) is 11.2. The molecule has 1 N–H and O–H groups in total. The molecule has 18 heavy (non-hydrogen) atoms. The first-order valence-corrected chi connectivity index (χ1v) is 6.63. The van der Waals surface area contributed by atoms with Crippen LogP contribution >= 0.6 is 0 Å². The van der Waals surface area contributed by atoms with Crippen LogP contribution in [0.1, 0.15) is 25.5 Å². The van der Waals surface area contributed by atoms with Crippen LogP contribution in [0.25, 0.3) is 0 Å². The number of anilines is 1. The Bertz CT molecular complexity index is 349. The molecular formula is C13H22N4O. The van der Waals surface area contributed by atoms with Crippen LogP contribution in [0.2, 0.25) is 0 Å². The predicted octanol–water partition coefficient (Wildman–Crippen LogP) is 1.20. The number of hydrogen-bond donors (Lipinski definition) is 1. The van der Waals surface area contributed by atoms with Crippen LogP contribution in [-0.4, -0.2) is 42.8 Å². The van der Waals surface area contributed by atoms with Crippen molar-refractivity contribution >= 4 is 5.82 Å². The number of hydrogen-bond acceptors (Lipinski definition) is 5. The molecule has 1 aliphatic rings. The van der Waals surface area contributed by atoms with Crippen molar-refractivity contribution in [2.75, 3.05) is 31.7 Å². The van der Waals surface area contributed by atoms with E-state index in [1.807, 2.05) is 12.4 Å². The molecule has 0 aliphatic carbocycles. The van der Waals surface area contributed by atoms with Gasteiger partial charge < -0.3 is 15.0 Å². The van der Waals surface area contributed by atoms with E-state index < -0.39 is 0 Å². The first-order chi connectivity index (χ1) is 8.81. The first kappa shape index (κ1) is 13.2. The molecule has 5 nitrogen and oxygen atoms in total. The van der Waals surface area contributed by atoms with Gasteiger partial charge in [0.15, 0.2) is 0 Å². The fourth-order valence-electron chi connectivity index (χ4n) is 2.03. The lowest BCUT2D eigenvalue weighted by Crippen LogP contribution is -2.32. The summed E-state index contributed by atoms with van der Waals surface area (Å²) in [7, 11) is 2.05. The minimum atomic E-state index is 0.434. The highest BCUT2D eigenvalue weighted by atomic mass is 16.5. The highest BCUT2D eigenvalue weighted by molar-refractivity contribution is 5.36. The molecule has 1 fully saturated rings. The molecule has 1 unspecified atom stereocenters. The fourth-order valence-corrected chi connectivity index (χ4v) is 2.03. The van der Waals surface area contributed by atoms with Gasteiger partial charge in [-0.15, -0.1) is 0 Å². The average Bonchev–Trinajstić information content (AvgIpc) is 2.93. The van der Waals surface area contributed by atoms with Gasteiger partial charge in [-0.05, 0) is 19.4 Å². The Morgan fingerprint density at radius 1 is 1.44 bits per heavy atom. The third-order valence-electron chi connectivity index (χ3n) is 3.24. The number of ether oxygens (including phenoxy) is 1. The van der Waals surface area contributed by atoms with Gasteiger partial charge in [0, 0.05) is 20.2 Å². The van der Waals surface area contributed by atoms with Crippen molar-refractivity contribution in [3.63, 3.8) is 0 Å². The van der Waals surface area contributed by atoms with Gasteiger partial charge in [0.05, 0.1) is 30.7 Å². The van der Waals surface area contributed by atoms with E-state index >= 15 is 0 Å². The normalized spacial score (nSPS) is 19.1. The lowest BCUT2D eigenvalue weighted by atomic mass is 10.2. The largest absolute Gasteiger partial charge is 0.379 e. The Hall–Kier alpha value is -1.20. The number of nitrogens with zero attached hydrogens (tertiary/aromatic N) is 3. The standard InChI is InChI=1S/C13H22N4O/c1-3-5-14-7-11-8-16-13(9-15-11)17(2)12-4-6-18-10-12/h8-9,12,14H,3-7,10H2,1-2H3. The number of likely N-dealkylation sites (N-methyl/N-ethyl adjacent to an activating group) is 1. The third-order valence-corrected chi connectivity index (χ3v) is 3.24. The molecule has 0 radical (unpaired) electrons. The van der Waals surface area contributed by atoms with Crippen LogP contribution < -0.4 is 10.2 Å². The van der Waals surface area contributed by atoms with Crippen LogP contribution in [0.4, 0.5) is 5.82 Å². The van der Waals surface area contributed by atoms with E-state index in [0.717, 1.165) is 50.7 Å². The minimum absolute atomic E-state index is 0.434. The topological polar surface area (TPSA) is 50.3 Å². The third kappa shape index (κ3) is 3.40. The van der Waals surface area contributed by atoms with Crippen molar-refractivity contribution in [3.05, 3.63) is 18.1 Å². The minimum Gasteiger partial charge on any atom is -0.379 e. The van der Waals surface area contributed by atoms with E-state index in [1.54, 1.807) is 0 Å². The van der Waals surface area contributed by atoms with Gasteiger partial charge >= 0.3 is 0 Å². The van der Waals surface area contributed by atoms with Crippen molar-refractivity contribution in [3.8, 4) is 0 Å². The van der Waals surface area contributed by atoms with E-state index in [1.165, 1.54) is 0 Å². The Morgan fingerprint density at radius 2 is 2.33 bits per heavy atom. The molecule has 0 saturated carbocycles. The summed E-state index contributed by atoms with van der Waals surface area (Å²) in [5, 5.41) is 3.32. The second kappa shape index (κ2) is 6.66. The molecule has 0 aromatic carbocycles. The van der Waals surface area contributed by atoms with Gasteiger partial charge in [-0.1, -0.05) is 6.92 Å². The molecular weight excluding hydrogens is 228 g/mol. The first-order valence-electron chi connectivity index (χ1n) is 6.63. The number of nitrogens with one attached hydrogen (secondary N) is 1. The molecule has 0 spiro atoms. The Balaban J connectivity index is 1.89. The van der Waals surface area contributed by atoms with Gasteiger partial charge in [-0.3, -0.25) is 4.98 Å². The van der Waals surface area contributed by atoms with E-state index in [-0.39, 0.29) is 0 Å². The maximum absolute atomic E-state index is 5.39. The molecule has 0 amide bonds. The molecule has 1 atom stereocenters. The Labute approximate surface area is 109 Å². The molecule has 1 saturated heterocycles. The predicted molar refractivity (Wildman–Crippen MR) is 71.7 cm³/mol. The quantitative estimate of drug-likeness (QED) is 0.769. The molecule has 5 heteroatoms. The SMILES string of the molecule is CCCNCc1cnc(N(C)C2CCOC2)cn1. The molecule has 1 aromatic heterocycles. The summed E-state index contributed by atoms with van der Waals surface area (Å²) < 4.78 is 5.39. The van der Waals surface area contributed by atoms with Gasteiger partial charge in [-0.2, -0.15) is 0 Å². The second-order valence-corrected chi connectivity index (χ2v) is 4.67. The van der Waals surface area contributed by atoms with E-state index in [9.17, 15) is 0 Å². The number of rotatable bonds is 6. The Morgan fingerprint density at radius 3 is 2.94 bits per heavy atom. The van der Waals surface area contributed by atoms with Crippen molar-refractivity contribution in [2.45, 2.75) is 32.4 Å². The molecule has 1 aliphatic heterocycles. The lowest BCUT2D eigenvalue weighted by Gasteiger charge is -2.23. The fraction of sp³-hybridized carbons (Fsp3) is 0.692. The van der Waals surface area contributed by atoms with E-state index in [2.05, 4.69) is 34.2 Å². The van der Waals surface area contributed by atoms with Crippen LogP contribution in [0.5, 0.6) is 0 Å². The number of aromatic nitrogens is 2. The molecule has 2 heterocycles. The van der Waals surface area contributed by atoms with Gasteiger partial charge in [0.25, 0.3) is 0 Å². The summed E-state index contributed by atoms with van der Waals surface area (Å²) in [5.41, 5.74) is 0.989.